The number of halogens is 1. The van der Waals surface area contributed by atoms with E-state index in [0.29, 0.717) is 36.5 Å². The van der Waals surface area contributed by atoms with E-state index in [1.54, 1.807) is 12.1 Å². The van der Waals surface area contributed by atoms with Crippen LogP contribution in [0.2, 0.25) is 0 Å². The molecule has 30 heavy (non-hydrogen) atoms. The van der Waals surface area contributed by atoms with Crippen molar-refractivity contribution in [2.45, 2.75) is 38.6 Å². The van der Waals surface area contributed by atoms with Crippen LogP contribution in [0.4, 0.5) is 10.1 Å². The number of aromatic nitrogens is 2. The predicted molar refractivity (Wildman–Crippen MR) is 112 cm³/mol. The molecule has 0 unspecified atom stereocenters. The summed E-state index contributed by atoms with van der Waals surface area (Å²) in [6, 6.07) is 13.9. The maximum absolute atomic E-state index is 13.0. The molecule has 2 aromatic carbocycles. The second-order valence-electron chi connectivity index (χ2n) is 7.56. The van der Waals surface area contributed by atoms with E-state index in [9.17, 15) is 9.18 Å². The first-order valence-corrected chi connectivity index (χ1v) is 10.4. The Morgan fingerprint density at radius 2 is 1.87 bits per heavy atom. The summed E-state index contributed by atoms with van der Waals surface area (Å²) in [5.74, 6) is 0.555. The molecule has 3 aromatic rings. The van der Waals surface area contributed by atoms with Crippen LogP contribution in [0, 0.1) is 5.82 Å². The highest BCUT2D eigenvalue weighted by Crippen LogP contribution is 2.21. The monoisotopic (exact) mass is 408 g/mol. The molecule has 1 fully saturated rings. The van der Waals surface area contributed by atoms with Crippen molar-refractivity contribution in [1.82, 2.24) is 15.0 Å². The van der Waals surface area contributed by atoms with E-state index in [0.717, 1.165) is 30.9 Å². The van der Waals surface area contributed by atoms with Crippen LogP contribution < -0.4 is 5.32 Å². The van der Waals surface area contributed by atoms with Gasteiger partial charge in [0.05, 0.1) is 0 Å². The molecule has 0 radical (unpaired) electrons. The molecule has 1 aromatic heterocycles. The number of aryl methyl sites for hydroxylation is 1. The van der Waals surface area contributed by atoms with Crippen molar-refractivity contribution < 1.29 is 13.7 Å². The number of carbonyl (C=O) groups is 1. The number of benzene rings is 2. The number of rotatable bonds is 8. The number of amides is 1. The fourth-order valence-corrected chi connectivity index (χ4v) is 3.65. The molecule has 6 nitrogen and oxygen atoms in total. The van der Waals surface area contributed by atoms with Crippen LogP contribution in [0.5, 0.6) is 0 Å². The summed E-state index contributed by atoms with van der Waals surface area (Å²) in [7, 11) is 0. The van der Waals surface area contributed by atoms with Crippen molar-refractivity contribution >= 4 is 11.6 Å². The minimum atomic E-state index is -0.310. The average Bonchev–Trinajstić information content (AvgIpc) is 3.42. The lowest BCUT2D eigenvalue weighted by atomic mass is 10.1. The van der Waals surface area contributed by atoms with E-state index in [2.05, 4.69) is 26.4 Å². The van der Waals surface area contributed by atoms with E-state index in [4.69, 9.17) is 4.52 Å². The van der Waals surface area contributed by atoms with Crippen LogP contribution in [0.25, 0.3) is 11.4 Å². The van der Waals surface area contributed by atoms with E-state index in [1.807, 2.05) is 18.2 Å². The van der Waals surface area contributed by atoms with Gasteiger partial charge in [-0.1, -0.05) is 23.4 Å². The molecule has 0 aliphatic carbocycles. The van der Waals surface area contributed by atoms with Gasteiger partial charge in [0.2, 0.25) is 17.6 Å². The van der Waals surface area contributed by atoms with Crippen LogP contribution in [-0.2, 0) is 17.8 Å². The molecular formula is C23H25FN4O2. The summed E-state index contributed by atoms with van der Waals surface area (Å²) in [4.78, 5) is 19.2. The van der Waals surface area contributed by atoms with Crippen molar-refractivity contribution in [2.24, 2.45) is 0 Å². The summed E-state index contributed by atoms with van der Waals surface area (Å²) in [5.41, 5.74) is 2.72. The number of carbonyl (C=O) groups excluding carboxylic acids is 1. The molecule has 1 N–H and O–H groups in total. The lowest BCUT2D eigenvalue weighted by Gasteiger charge is -2.17. The molecule has 1 amide bonds. The first-order valence-electron chi connectivity index (χ1n) is 10.4. The first-order chi connectivity index (χ1) is 14.7. The summed E-state index contributed by atoms with van der Waals surface area (Å²) in [6.45, 7) is 3.10. The Kier molecular flexibility index (Phi) is 6.49. The summed E-state index contributed by atoms with van der Waals surface area (Å²) >= 11 is 0. The standard InChI is InChI=1S/C23H25FN4O2/c24-19-12-10-17(11-13-19)23-26-22(30-27-23)9-5-8-21(29)25-20-7-2-1-6-18(20)16-28-14-3-4-15-28/h1-2,6-7,10-13H,3-5,8-9,14-16H2,(H,25,29). The lowest BCUT2D eigenvalue weighted by Crippen LogP contribution is -2.20. The number of hydrogen-bond donors (Lipinski definition) is 1. The molecule has 0 spiro atoms. The Morgan fingerprint density at radius 1 is 1.10 bits per heavy atom. The Balaban J connectivity index is 1.27. The van der Waals surface area contributed by atoms with Gasteiger partial charge < -0.3 is 9.84 Å². The second-order valence-corrected chi connectivity index (χ2v) is 7.56. The van der Waals surface area contributed by atoms with Crippen LogP contribution in [0.3, 0.4) is 0 Å². The molecular weight excluding hydrogens is 383 g/mol. The molecule has 1 saturated heterocycles. The zero-order valence-electron chi connectivity index (χ0n) is 16.8. The van der Waals surface area contributed by atoms with Crippen molar-refractivity contribution in [2.75, 3.05) is 18.4 Å². The first kappa shape index (κ1) is 20.2. The zero-order chi connectivity index (χ0) is 20.8. The van der Waals surface area contributed by atoms with Gasteiger partial charge in [0.15, 0.2) is 0 Å². The molecule has 0 bridgehead atoms. The lowest BCUT2D eigenvalue weighted by molar-refractivity contribution is -0.116. The van der Waals surface area contributed by atoms with E-state index < -0.39 is 0 Å². The number of para-hydroxylation sites is 1. The SMILES string of the molecule is O=C(CCCc1nc(-c2ccc(F)cc2)no1)Nc1ccccc1CN1CCCC1. The van der Waals surface area contributed by atoms with Gasteiger partial charge in [0.25, 0.3) is 0 Å². The Morgan fingerprint density at radius 3 is 2.67 bits per heavy atom. The van der Waals surface area contributed by atoms with Gasteiger partial charge in [0.1, 0.15) is 5.82 Å². The minimum Gasteiger partial charge on any atom is -0.339 e. The molecule has 1 aliphatic heterocycles. The maximum Gasteiger partial charge on any atom is 0.226 e. The molecule has 156 valence electrons. The number of likely N-dealkylation sites (tertiary alicyclic amines) is 1. The normalized spacial score (nSPS) is 14.2. The fraction of sp³-hybridized carbons (Fsp3) is 0.348. The summed E-state index contributed by atoms with van der Waals surface area (Å²) < 4.78 is 18.3. The third kappa shape index (κ3) is 5.30. The number of nitrogens with one attached hydrogen (secondary N) is 1. The number of anilines is 1. The van der Waals surface area contributed by atoms with Gasteiger partial charge in [-0.25, -0.2) is 4.39 Å². The van der Waals surface area contributed by atoms with Crippen LogP contribution >= 0.6 is 0 Å². The zero-order valence-corrected chi connectivity index (χ0v) is 16.8. The van der Waals surface area contributed by atoms with Crippen molar-refractivity contribution in [3.05, 3.63) is 65.8 Å². The average molecular weight is 408 g/mol. The van der Waals surface area contributed by atoms with Crippen LogP contribution in [0.15, 0.2) is 53.1 Å². The highest BCUT2D eigenvalue weighted by atomic mass is 19.1. The third-order valence-corrected chi connectivity index (χ3v) is 5.25. The van der Waals surface area contributed by atoms with Crippen molar-refractivity contribution in [1.29, 1.82) is 0 Å². The highest BCUT2D eigenvalue weighted by Gasteiger charge is 2.15. The fourth-order valence-electron chi connectivity index (χ4n) is 3.65. The molecule has 0 saturated carbocycles. The summed E-state index contributed by atoms with van der Waals surface area (Å²) in [6.07, 6.45) is 3.97. The van der Waals surface area contributed by atoms with E-state index >= 15 is 0 Å². The summed E-state index contributed by atoms with van der Waals surface area (Å²) in [5, 5.41) is 6.97. The number of hydrogen-bond acceptors (Lipinski definition) is 5. The van der Waals surface area contributed by atoms with Crippen LogP contribution in [0.1, 0.15) is 37.1 Å². The van der Waals surface area contributed by atoms with Gasteiger partial charge in [-0.3, -0.25) is 9.69 Å². The van der Waals surface area contributed by atoms with Gasteiger partial charge in [-0.05, 0) is 68.2 Å². The van der Waals surface area contributed by atoms with Crippen molar-refractivity contribution in [3.63, 3.8) is 0 Å². The second kappa shape index (κ2) is 9.63. The third-order valence-electron chi connectivity index (χ3n) is 5.25. The Labute approximate surface area is 175 Å². The largest absolute Gasteiger partial charge is 0.339 e. The Bertz CT molecular complexity index is 981. The topological polar surface area (TPSA) is 71.3 Å². The smallest absolute Gasteiger partial charge is 0.226 e. The van der Waals surface area contributed by atoms with Gasteiger partial charge in [-0.2, -0.15) is 4.98 Å². The van der Waals surface area contributed by atoms with Gasteiger partial charge >= 0.3 is 0 Å². The predicted octanol–water partition coefficient (Wildman–Crippen LogP) is 4.43. The number of nitrogens with zero attached hydrogens (tertiary/aromatic N) is 3. The van der Waals surface area contributed by atoms with Gasteiger partial charge in [-0.15, -0.1) is 0 Å². The van der Waals surface area contributed by atoms with Crippen LogP contribution in [-0.4, -0.2) is 34.0 Å². The van der Waals surface area contributed by atoms with E-state index in [-0.39, 0.29) is 11.7 Å². The quantitative estimate of drug-likeness (QED) is 0.597. The van der Waals surface area contributed by atoms with Gasteiger partial charge in [0, 0.05) is 30.6 Å². The molecule has 4 rings (SSSR count). The maximum atomic E-state index is 13.0. The Hall–Kier alpha value is -3.06. The minimum absolute atomic E-state index is 0.0258. The molecule has 1 aliphatic rings. The van der Waals surface area contributed by atoms with E-state index in [1.165, 1.54) is 25.0 Å². The van der Waals surface area contributed by atoms with Crippen molar-refractivity contribution in [3.8, 4) is 11.4 Å². The molecule has 0 atom stereocenters. The molecule has 2 heterocycles. The molecule has 7 heteroatoms. The highest BCUT2D eigenvalue weighted by molar-refractivity contribution is 5.91.